The number of benzene rings is 2. The van der Waals surface area contributed by atoms with E-state index in [0.717, 1.165) is 12.1 Å². The fraction of sp³-hybridized carbons (Fsp3) is 0.200. The Balaban J connectivity index is 2.08. The van der Waals surface area contributed by atoms with Crippen LogP contribution in [0, 0.1) is 11.6 Å². The zero-order valence-electron chi connectivity index (χ0n) is 11.1. The predicted molar refractivity (Wildman–Crippen MR) is 69.5 cm³/mol. The zero-order valence-corrected chi connectivity index (χ0v) is 11.1. The molecule has 1 atom stereocenters. The van der Waals surface area contributed by atoms with E-state index in [0.29, 0.717) is 17.2 Å². The summed E-state index contributed by atoms with van der Waals surface area (Å²) in [6.07, 6.45) is -1.48. The van der Waals surface area contributed by atoms with Crippen LogP contribution in [-0.2, 0) is 0 Å². The van der Waals surface area contributed by atoms with Crippen LogP contribution in [0.5, 0.6) is 17.2 Å². The van der Waals surface area contributed by atoms with Crippen molar-refractivity contribution in [2.24, 2.45) is 0 Å². The standard InChI is InChI=1S/C15H12F2O4/c1-19-11-5-8(6-12-15(11)21-7-20-12)14(18)13-9(16)3-2-4-10(13)17/h2-6,14,18H,7H2,1H3. The Morgan fingerprint density at radius 3 is 2.57 bits per heavy atom. The third-order valence-corrected chi connectivity index (χ3v) is 3.27. The molecule has 1 aliphatic heterocycles. The van der Waals surface area contributed by atoms with Gasteiger partial charge in [-0.25, -0.2) is 8.78 Å². The number of hydrogen-bond donors (Lipinski definition) is 1. The lowest BCUT2D eigenvalue weighted by Gasteiger charge is -2.15. The van der Waals surface area contributed by atoms with Gasteiger partial charge < -0.3 is 19.3 Å². The molecule has 3 rings (SSSR count). The lowest BCUT2D eigenvalue weighted by molar-refractivity contribution is 0.171. The lowest BCUT2D eigenvalue weighted by Crippen LogP contribution is -2.06. The van der Waals surface area contributed by atoms with Crippen LogP contribution in [0.15, 0.2) is 30.3 Å². The lowest BCUT2D eigenvalue weighted by atomic mass is 9.99. The number of aliphatic hydroxyl groups excluding tert-OH is 1. The molecule has 1 heterocycles. The SMILES string of the molecule is COc1cc(C(O)c2c(F)cccc2F)cc2c1OCO2. The van der Waals surface area contributed by atoms with Gasteiger partial charge in [0, 0.05) is 0 Å². The van der Waals surface area contributed by atoms with E-state index in [-0.39, 0.29) is 12.4 Å². The van der Waals surface area contributed by atoms with Crippen molar-refractivity contribution >= 4 is 0 Å². The molecule has 2 aromatic rings. The van der Waals surface area contributed by atoms with Gasteiger partial charge in [0.1, 0.15) is 17.7 Å². The quantitative estimate of drug-likeness (QED) is 0.945. The van der Waals surface area contributed by atoms with Crippen molar-refractivity contribution in [3.8, 4) is 17.2 Å². The van der Waals surface area contributed by atoms with Crippen LogP contribution in [0.1, 0.15) is 17.2 Å². The summed E-state index contributed by atoms with van der Waals surface area (Å²) in [5, 5.41) is 10.3. The zero-order chi connectivity index (χ0) is 15.0. The normalized spacial score (nSPS) is 14.1. The Bertz CT molecular complexity index is 667. The third kappa shape index (κ3) is 2.27. The van der Waals surface area contributed by atoms with Gasteiger partial charge in [-0.2, -0.15) is 0 Å². The number of halogens is 2. The molecule has 110 valence electrons. The molecular weight excluding hydrogens is 282 g/mol. The molecule has 1 N–H and O–H groups in total. The average Bonchev–Trinajstić information content (AvgIpc) is 2.94. The molecule has 0 saturated carbocycles. The Labute approximate surface area is 119 Å². The van der Waals surface area contributed by atoms with Gasteiger partial charge >= 0.3 is 0 Å². The Morgan fingerprint density at radius 1 is 1.19 bits per heavy atom. The molecule has 4 nitrogen and oxygen atoms in total. The molecular formula is C15H12F2O4. The second-order valence-corrected chi connectivity index (χ2v) is 4.49. The van der Waals surface area contributed by atoms with Gasteiger partial charge in [-0.1, -0.05) is 6.07 Å². The second kappa shape index (κ2) is 5.21. The van der Waals surface area contributed by atoms with Crippen LogP contribution in [0.25, 0.3) is 0 Å². The van der Waals surface area contributed by atoms with Crippen molar-refractivity contribution in [3.05, 3.63) is 53.1 Å². The van der Waals surface area contributed by atoms with Gasteiger partial charge in [0.2, 0.25) is 12.5 Å². The maximum atomic E-state index is 13.8. The summed E-state index contributed by atoms with van der Waals surface area (Å²) in [4.78, 5) is 0. The average molecular weight is 294 g/mol. The molecule has 0 amide bonds. The maximum Gasteiger partial charge on any atom is 0.231 e. The minimum Gasteiger partial charge on any atom is -0.493 e. The first kappa shape index (κ1) is 13.6. The van der Waals surface area contributed by atoms with Gasteiger partial charge in [0.15, 0.2) is 11.5 Å². The molecule has 1 aliphatic rings. The van der Waals surface area contributed by atoms with E-state index >= 15 is 0 Å². The molecule has 0 aliphatic carbocycles. The summed E-state index contributed by atoms with van der Waals surface area (Å²) < 4.78 is 43.1. The van der Waals surface area contributed by atoms with Gasteiger partial charge in [-0.3, -0.25) is 0 Å². The van der Waals surface area contributed by atoms with Crippen LogP contribution < -0.4 is 14.2 Å². The summed E-state index contributed by atoms with van der Waals surface area (Å²) in [5.74, 6) is -0.545. The van der Waals surface area contributed by atoms with Crippen molar-refractivity contribution in [2.75, 3.05) is 13.9 Å². The van der Waals surface area contributed by atoms with Crippen molar-refractivity contribution < 1.29 is 28.1 Å². The highest BCUT2D eigenvalue weighted by Gasteiger charge is 2.25. The first-order valence-corrected chi connectivity index (χ1v) is 6.21. The number of hydrogen-bond acceptors (Lipinski definition) is 4. The van der Waals surface area contributed by atoms with Gasteiger partial charge in [0.05, 0.1) is 12.7 Å². The van der Waals surface area contributed by atoms with Crippen molar-refractivity contribution in [1.82, 2.24) is 0 Å². The van der Waals surface area contributed by atoms with E-state index in [1.165, 1.54) is 25.3 Å². The highest BCUT2D eigenvalue weighted by Crippen LogP contribution is 2.44. The number of methoxy groups -OCH3 is 1. The molecule has 6 heteroatoms. The highest BCUT2D eigenvalue weighted by atomic mass is 19.1. The van der Waals surface area contributed by atoms with Crippen LogP contribution >= 0.6 is 0 Å². The molecule has 0 aromatic heterocycles. The van der Waals surface area contributed by atoms with E-state index in [4.69, 9.17) is 14.2 Å². The van der Waals surface area contributed by atoms with Crippen LogP contribution in [0.4, 0.5) is 8.78 Å². The fourth-order valence-electron chi connectivity index (χ4n) is 2.25. The summed E-state index contributed by atoms with van der Waals surface area (Å²) >= 11 is 0. The van der Waals surface area contributed by atoms with Crippen molar-refractivity contribution in [1.29, 1.82) is 0 Å². The summed E-state index contributed by atoms with van der Waals surface area (Å²) in [5.41, 5.74) is -0.168. The minimum absolute atomic E-state index is 0.0271. The number of rotatable bonds is 3. The van der Waals surface area contributed by atoms with E-state index < -0.39 is 23.3 Å². The first-order valence-electron chi connectivity index (χ1n) is 6.21. The molecule has 21 heavy (non-hydrogen) atoms. The second-order valence-electron chi connectivity index (χ2n) is 4.49. The van der Waals surface area contributed by atoms with Crippen LogP contribution in [-0.4, -0.2) is 19.0 Å². The van der Waals surface area contributed by atoms with Gasteiger partial charge in [-0.05, 0) is 29.8 Å². The molecule has 1 unspecified atom stereocenters. The van der Waals surface area contributed by atoms with Gasteiger partial charge in [-0.15, -0.1) is 0 Å². The molecule has 0 radical (unpaired) electrons. The van der Waals surface area contributed by atoms with Crippen molar-refractivity contribution in [3.63, 3.8) is 0 Å². The largest absolute Gasteiger partial charge is 0.493 e. The number of aliphatic hydroxyl groups is 1. The minimum atomic E-state index is -1.48. The molecule has 0 saturated heterocycles. The fourth-order valence-corrected chi connectivity index (χ4v) is 2.25. The summed E-state index contributed by atoms with van der Waals surface area (Å²) in [7, 11) is 1.43. The Morgan fingerprint density at radius 2 is 1.90 bits per heavy atom. The van der Waals surface area contributed by atoms with Crippen molar-refractivity contribution in [2.45, 2.75) is 6.10 Å². The van der Waals surface area contributed by atoms with E-state index in [9.17, 15) is 13.9 Å². The Kier molecular flexibility index (Phi) is 3.39. The molecule has 0 fully saturated rings. The highest BCUT2D eigenvalue weighted by molar-refractivity contribution is 5.56. The topological polar surface area (TPSA) is 47.9 Å². The summed E-state index contributed by atoms with van der Waals surface area (Å²) in [6, 6.07) is 6.35. The third-order valence-electron chi connectivity index (χ3n) is 3.27. The monoisotopic (exact) mass is 294 g/mol. The summed E-state index contributed by atoms with van der Waals surface area (Å²) in [6.45, 7) is 0.0271. The molecule has 0 spiro atoms. The first-order chi connectivity index (χ1) is 10.1. The number of ether oxygens (including phenoxy) is 3. The van der Waals surface area contributed by atoms with Crippen LogP contribution in [0.2, 0.25) is 0 Å². The van der Waals surface area contributed by atoms with E-state index in [1.54, 1.807) is 0 Å². The molecule has 0 bridgehead atoms. The Hall–Kier alpha value is -2.34. The maximum absolute atomic E-state index is 13.8. The molecule has 2 aromatic carbocycles. The van der Waals surface area contributed by atoms with E-state index in [2.05, 4.69) is 0 Å². The van der Waals surface area contributed by atoms with E-state index in [1.807, 2.05) is 0 Å². The number of fused-ring (bicyclic) bond motifs is 1. The predicted octanol–water partition coefficient (Wildman–Crippen LogP) is 2.78. The smallest absolute Gasteiger partial charge is 0.231 e. The van der Waals surface area contributed by atoms with Gasteiger partial charge in [0.25, 0.3) is 0 Å². The van der Waals surface area contributed by atoms with Crippen LogP contribution in [0.3, 0.4) is 0 Å².